The third-order valence-electron chi connectivity index (χ3n) is 3.13. The van der Waals surface area contributed by atoms with Crippen molar-refractivity contribution >= 4 is 23.4 Å². The van der Waals surface area contributed by atoms with Crippen LogP contribution in [0.5, 0.6) is 11.5 Å². The van der Waals surface area contributed by atoms with Crippen molar-refractivity contribution in [3.63, 3.8) is 0 Å². The number of carbonyl (C=O) groups is 1. The van der Waals surface area contributed by atoms with E-state index >= 15 is 0 Å². The summed E-state index contributed by atoms with van der Waals surface area (Å²) in [6.07, 6.45) is 1.52. The highest BCUT2D eigenvalue weighted by molar-refractivity contribution is 7.99. The number of benzene rings is 1. The number of rotatable bonds is 7. The van der Waals surface area contributed by atoms with E-state index in [2.05, 4.69) is 15.5 Å². The van der Waals surface area contributed by atoms with Crippen LogP contribution in [0, 0.1) is 0 Å². The molecule has 1 aromatic carbocycles. The van der Waals surface area contributed by atoms with Crippen LogP contribution in [0.2, 0.25) is 0 Å². The van der Waals surface area contributed by atoms with E-state index in [9.17, 15) is 4.79 Å². The van der Waals surface area contributed by atoms with Crippen LogP contribution in [0.1, 0.15) is 0 Å². The Kier molecular flexibility index (Phi) is 5.24. The van der Waals surface area contributed by atoms with E-state index in [1.54, 1.807) is 37.4 Å². The summed E-state index contributed by atoms with van der Waals surface area (Å²) in [4.78, 5) is 12.1. The van der Waals surface area contributed by atoms with Crippen molar-refractivity contribution in [1.82, 2.24) is 10.2 Å². The summed E-state index contributed by atoms with van der Waals surface area (Å²) in [6.45, 7) is 0. The molecule has 8 nitrogen and oxygen atoms in total. The second-order valence-corrected chi connectivity index (χ2v) is 5.68. The number of amides is 1. The maximum Gasteiger partial charge on any atom is 0.284 e. The van der Waals surface area contributed by atoms with E-state index in [0.29, 0.717) is 22.9 Å². The van der Waals surface area contributed by atoms with Crippen molar-refractivity contribution in [1.29, 1.82) is 0 Å². The van der Waals surface area contributed by atoms with E-state index in [1.807, 2.05) is 0 Å². The van der Waals surface area contributed by atoms with Gasteiger partial charge in [0.25, 0.3) is 11.1 Å². The van der Waals surface area contributed by atoms with Crippen molar-refractivity contribution in [3.05, 3.63) is 36.6 Å². The van der Waals surface area contributed by atoms with Gasteiger partial charge < -0.3 is 23.6 Å². The quantitative estimate of drug-likeness (QED) is 0.641. The van der Waals surface area contributed by atoms with Gasteiger partial charge in [-0.15, -0.1) is 10.2 Å². The number of nitrogens with one attached hydrogen (secondary N) is 1. The van der Waals surface area contributed by atoms with Crippen molar-refractivity contribution in [2.75, 3.05) is 25.3 Å². The Morgan fingerprint density at radius 3 is 2.76 bits per heavy atom. The van der Waals surface area contributed by atoms with E-state index in [-0.39, 0.29) is 22.8 Å². The fourth-order valence-electron chi connectivity index (χ4n) is 2.01. The maximum atomic E-state index is 12.1. The predicted octanol–water partition coefficient (Wildman–Crippen LogP) is 3.08. The number of carbonyl (C=O) groups excluding carboxylic acids is 1. The van der Waals surface area contributed by atoms with Gasteiger partial charge in [0, 0.05) is 11.8 Å². The molecule has 0 atom stereocenters. The van der Waals surface area contributed by atoms with Crippen LogP contribution in [0.25, 0.3) is 11.7 Å². The van der Waals surface area contributed by atoms with Crippen LogP contribution in [-0.4, -0.2) is 36.1 Å². The molecule has 0 aliphatic carbocycles. The van der Waals surface area contributed by atoms with Crippen LogP contribution in [0.4, 0.5) is 5.69 Å². The van der Waals surface area contributed by atoms with E-state index in [1.165, 1.54) is 13.4 Å². The SMILES string of the molecule is COc1ccc(NC(=O)CSc2nnc(-c3ccco3)o2)cc1OC. The lowest BCUT2D eigenvalue weighted by atomic mass is 10.2. The number of aromatic nitrogens is 2. The van der Waals surface area contributed by atoms with Gasteiger partial charge in [-0.1, -0.05) is 11.8 Å². The maximum absolute atomic E-state index is 12.1. The molecule has 0 saturated carbocycles. The van der Waals surface area contributed by atoms with Crippen molar-refractivity contribution in [3.8, 4) is 23.1 Å². The topological polar surface area (TPSA) is 99.6 Å². The van der Waals surface area contributed by atoms with Gasteiger partial charge >= 0.3 is 0 Å². The van der Waals surface area contributed by atoms with Crippen molar-refractivity contribution in [2.24, 2.45) is 0 Å². The number of hydrogen-bond acceptors (Lipinski definition) is 8. The van der Waals surface area contributed by atoms with E-state index in [0.717, 1.165) is 11.8 Å². The molecule has 0 aliphatic rings. The van der Waals surface area contributed by atoms with Gasteiger partial charge in [-0.25, -0.2) is 0 Å². The molecule has 2 heterocycles. The molecule has 0 spiro atoms. The first-order valence-corrected chi connectivity index (χ1v) is 8.20. The third kappa shape index (κ3) is 4.13. The molecule has 0 radical (unpaired) electrons. The number of nitrogens with zero attached hydrogens (tertiary/aromatic N) is 2. The molecule has 9 heteroatoms. The molecule has 0 bridgehead atoms. The minimum atomic E-state index is -0.213. The van der Waals surface area contributed by atoms with Gasteiger partial charge in [0.05, 0.1) is 26.2 Å². The summed E-state index contributed by atoms with van der Waals surface area (Å²) in [6, 6.07) is 8.57. The van der Waals surface area contributed by atoms with Gasteiger partial charge in [0.2, 0.25) is 5.91 Å². The van der Waals surface area contributed by atoms with E-state index in [4.69, 9.17) is 18.3 Å². The number of hydrogen-bond donors (Lipinski definition) is 1. The van der Waals surface area contributed by atoms with Crippen LogP contribution in [-0.2, 0) is 4.79 Å². The van der Waals surface area contributed by atoms with Crippen LogP contribution in [0.15, 0.2) is 50.7 Å². The molecular formula is C16H15N3O5S. The standard InChI is InChI=1S/C16H15N3O5S/c1-21-11-6-5-10(8-13(11)22-2)17-14(20)9-25-16-19-18-15(24-16)12-4-3-7-23-12/h3-8H,9H2,1-2H3,(H,17,20). The zero-order chi connectivity index (χ0) is 17.6. The third-order valence-corrected chi connectivity index (χ3v) is 3.95. The van der Waals surface area contributed by atoms with E-state index < -0.39 is 0 Å². The lowest BCUT2D eigenvalue weighted by molar-refractivity contribution is -0.113. The zero-order valence-corrected chi connectivity index (χ0v) is 14.3. The highest BCUT2D eigenvalue weighted by Gasteiger charge is 2.13. The molecule has 2 aromatic heterocycles. The van der Waals surface area contributed by atoms with Gasteiger partial charge in [-0.05, 0) is 24.3 Å². The van der Waals surface area contributed by atoms with Crippen LogP contribution < -0.4 is 14.8 Å². The number of thioether (sulfide) groups is 1. The van der Waals surface area contributed by atoms with Gasteiger partial charge in [-0.3, -0.25) is 4.79 Å². The fraction of sp³-hybridized carbons (Fsp3) is 0.188. The molecule has 3 aromatic rings. The Labute approximate surface area is 147 Å². The lowest BCUT2D eigenvalue weighted by Crippen LogP contribution is -2.14. The Hall–Kier alpha value is -2.94. The van der Waals surface area contributed by atoms with Gasteiger partial charge in [-0.2, -0.15) is 0 Å². The molecule has 25 heavy (non-hydrogen) atoms. The van der Waals surface area contributed by atoms with Gasteiger partial charge in [0.1, 0.15) is 0 Å². The van der Waals surface area contributed by atoms with Crippen molar-refractivity contribution < 1.29 is 23.1 Å². The molecule has 3 rings (SSSR count). The number of methoxy groups -OCH3 is 2. The first-order valence-electron chi connectivity index (χ1n) is 7.21. The molecule has 0 saturated heterocycles. The summed E-state index contributed by atoms with van der Waals surface area (Å²) in [7, 11) is 3.08. The molecule has 1 amide bonds. The van der Waals surface area contributed by atoms with Crippen molar-refractivity contribution in [2.45, 2.75) is 5.22 Å². The minimum Gasteiger partial charge on any atom is -0.493 e. The molecule has 0 aliphatic heterocycles. The van der Waals surface area contributed by atoms with Crippen LogP contribution >= 0.6 is 11.8 Å². The summed E-state index contributed by atoms with van der Waals surface area (Å²) in [5, 5.41) is 10.8. The Morgan fingerprint density at radius 2 is 2.04 bits per heavy atom. The molecule has 0 fully saturated rings. The second kappa shape index (κ2) is 7.75. The molecular weight excluding hydrogens is 346 g/mol. The smallest absolute Gasteiger partial charge is 0.284 e. The predicted molar refractivity (Wildman–Crippen MR) is 90.9 cm³/mol. The Morgan fingerprint density at radius 1 is 1.20 bits per heavy atom. The fourth-order valence-corrected chi connectivity index (χ4v) is 2.57. The molecule has 1 N–H and O–H groups in total. The zero-order valence-electron chi connectivity index (χ0n) is 13.5. The summed E-state index contributed by atoms with van der Waals surface area (Å²) < 4.78 is 21.0. The average molecular weight is 361 g/mol. The lowest BCUT2D eigenvalue weighted by Gasteiger charge is -2.10. The first kappa shape index (κ1) is 16.9. The normalized spacial score (nSPS) is 10.5. The number of anilines is 1. The highest BCUT2D eigenvalue weighted by Crippen LogP contribution is 2.30. The number of furan rings is 1. The molecule has 0 unspecified atom stereocenters. The summed E-state index contributed by atoms with van der Waals surface area (Å²) in [5.41, 5.74) is 0.602. The molecule has 130 valence electrons. The highest BCUT2D eigenvalue weighted by atomic mass is 32.2. The summed E-state index contributed by atoms with van der Waals surface area (Å²) in [5.74, 6) is 1.78. The minimum absolute atomic E-state index is 0.119. The summed E-state index contributed by atoms with van der Waals surface area (Å²) >= 11 is 1.13. The Balaban J connectivity index is 1.56. The average Bonchev–Trinajstić information content (AvgIpc) is 3.31. The number of ether oxygens (including phenoxy) is 2. The largest absolute Gasteiger partial charge is 0.493 e. The van der Waals surface area contributed by atoms with Gasteiger partial charge in [0.15, 0.2) is 17.3 Å². The Bertz CT molecular complexity index is 847. The monoisotopic (exact) mass is 361 g/mol. The second-order valence-electron chi connectivity index (χ2n) is 4.76. The van der Waals surface area contributed by atoms with Crippen LogP contribution in [0.3, 0.4) is 0 Å². The first-order chi connectivity index (χ1) is 12.2.